The molecule has 154 valence electrons. The zero-order valence-corrected chi connectivity index (χ0v) is 17.6. The Hall–Kier alpha value is -3.08. The summed E-state index contributed by atoms with van der Waals surface area (Å²) in [6.45, 7) is 1.96. The van der Waals surface area contributed by atoms with Crippen molar-refractivity contribution in [2.75, 3.05) is 14.2 Å². The van der Waals surface area contributed by atoms with Crippen molar-refractivity contribution in [1.82, 2.24) is 5.16 Å². The maximum Gasteiger partial charge on any atom is 0.161 e. The number of benzene rings is 2. The Morgan fingerprint density at radius 2 is 1.70 bits per heavy atom. The van der Waals surface area contributed by atoms with Crippen molar-refractivity contribution in [2.24, 2.45) is 4.99 Å². The summed E-state index contributed by atoms with van der Waals surface area (Å²) in [7, 11) is 3.37. The number of aliphatic imine (C=N–C) groups is 1. The highest BCUT2D eigenvalue weighted by Crippen LogP contribution is 2.45. The van der Waals surface area contributed by atoms with Gasteiger partial charge in [-0.05, 0) is 37.5 Å². The number of hydrogen-bond donors (Lipinski definition) is 0. The normalized spacial score (nSPS) is 20.2. The Labute approximate surface area is 176 Å². The molecule has 0 bridgehead atoms. The van der Waals surface area contributed by atoms with E-state index in [0.29, 0.717) is 11.7 Å². The molecule has 2 atom stereocenters. The van der Waals surface area contributed by atoms with Gasteiger partial charge in [-0.15, -0.1) is 0 Å². The van der Waals surface area contributed by atoms with Crippen LogP contribution in [0.3, 0.4) is 0 Å². The summed E-state index contributed by atoms with van der Waals surface area (Å²) in [4.78, 5) is 5.29. The molecular formula is C25H26N2O3. The van der Waals surface area contributed by atoms with Crippen LogP contribution in [0.2, 0.25) is 0 Å². The van der Waals surface area contributed by atoms with Crippen molar-refractivity contribution >= 4 is 5.71 Å². The van der Waals surface area contributed by atoms with Crippen LogP contribution < -0.4 is 9.47 Å². The van der Waals surface area contributed by atoms with Crippen LogP contribution >= 0.6 is 0 Å². The predicted molar refractivity (Wildman–Crippen MR) is 117 cm³/mol. The molecule has 5 rings (SSSR count). The van der Waals surface area contributed by atoms with Crippen molar-refractivity contribution < 1.29 is 14.0 Å². The lowest BCUT2D eigenvalue weighted by molar-refractivity contribution is 0.349. The van der Waals surface area contributed by atoms with Crippen LogP contribution in [-0.2, 0) is 0 Å². The molecule has 1 saturated carbocycles. The Morgan fingerprint density at radius 3 is 2.47 bits per heavy atom. The third kappa shape index (κ3) is 3.00. The standard InChI is InChI=1S/C25H26N2O3/c1-15-23(24(27-30-15)16-9-5-4-6-10-16)25-19-14-22(29-3)21(28-2)13-18(19)17-11-7-8-12-20(17)26-25/h4-6,9-10,13-14,17,20H,7-8,11-12H2,1-3H3/t17-,20-/m1/s1. The maximum absolute atomic E-state index is 5.67. The van der Waals surface area contributed by atoms with Crippen LogP contribution in [0, 0.1) is 6.92 Å². The molecule has 1 fully saturated rings. The summed E-state index contributed by atoms with van der Waals surface area (Å²) in [5, 5.41) is 4.40. The molecule has 1 aromatic heterocycles. The second kappa shape index (κ2) is 7.63. The lowest BCUT2D eigenvalue weighted by atomic mass is 9.74. The zero-order chi connectivity index (χ0) is 20.7. The van der Waals surface area contributed by atoms with Crippen LogP contribution in [0.4, 0.5) is 0 Å². The zero-order valence-electron chi connectivity index (χ0n) is 17.6. The van der Waals surface area contributed by atoms with E-state index in [1.54, 1.807) is 14.2 Å². The van der Waals surface area contributed by atoms with E-state index >= 15 is 0 Å². The number of nitrogens with zero attached hydrogens (tertiary/aromatic N) is 2. The predicted octanol–water partition coefficient (Wildman–Crippen LogP) is 5.54. The van der Waals surface area contributed by atoms with Crippen LogP contribution in [0.5, 0.6) is 11.5 Å². The van der Waals surface area contributed by atoms with E-state index < -0.39 is 0 Å². The SMILES string of the molecule is COc1cc2c(cc1OC)[C@H]1CCCC[C@H]1N=C2c1c(-c2ccccc2)noc1C. The lowest BCUT2D eigenvalue weighted by Gasteiger charge is -2.35. The number of rotatable bonds is 4. The van der Waals surface area contributed by atoms with Crippen molar-refractivity contribution in [2.45, 2.75) is 44.6 Å². The van der Waals surface area contributed by atoms with Gasteiger partial charge >= 0.3 is 0 Å². The first-order chi connectivity index (χ1) is 14.7. The van der Waals surface area contributed by atoms with Crippen molar-refractivity contribution in [3.8, 4) is 22.8 Å². The fraction of sp³-hybridized carbons (Fsp3) is 0.360. The molecule has 0 saturated heterocycles. The van der Waals surface area contributed by atoms with E-state index in [4.69, 9.17) is 19.0 Å². The van der Waals surface area contributed by atoms with Crippen molar-refractivity contribution in [3.05, 3.63) is 64.9 Å². The molecule has 5 heteroatoms. The Balaban J connectivity index is 1.74. The molecule has 2 aromatic carbocycles. The van der Waals surface area contributed by atoms with Crippen LogP contribution in [-0.4, -0.2) is 31.1 Å². The van der Waals surface area contributed by atoms with Gasteiger partial charge in [0.1, 0.15) is 11.5 Å². The highest BCUT2D eigenvalue weighted by molar-refractivity contribution is 6.18. The average molecular weight is 402 g/mol. The molecule has 2 aliphatic rings. The van der Waals surface area contributed by atoms with Gasteiger partial charge in [-0.1, -0.05) is 48.3 Å². The summed E-state index contributed by atoms with van der Waals surface area (Å²) >= 11 is 0. The fourth-order valence-electron chi connectivity index (χ4n) is 4.91. The smallest absolute Gasteiger partial charge is 0.161 e. The van der Waals surface area contributed by atoms with Gasteiger partial charge in [-0.25, -0.2) is 0 Å². The molecular weight excluding hydrogens is 376 g/mol. The van der Waals surface area contributed by atoms with Gasteiger partial charge in [0.2, 0.25) is 0 Å². The number of fused-ring (bicyclic) bond motifs is 3. The minimum atomic E-state index is 0.275. The Kier molecular flexibility index (Phi) is 4.81. The Bertz CT molecular complexity index is 1100. The fourth-order valence-corrected chi connectivity index (χ4v) is 4.91. The van der Waals surface area contributed by atoms with Crippen LogP contribution in [0.25, 0.3) is 11.3 Å². The largest absolute Gasteiger partial charge is 0.493 e. The molecule has 0 N–H and O–H groups in total. The molecule has 0 unspecified atom stereocenters. The average Bonchev–Trinajstić information content (AvgIpc) is 3.19. The molecule has 1 aliphatic heterocycles. The molecule has 2 heterocycles. The first-order valence-electron chi connectivity index (χ1n) is 10.6. The highest BCUT2D eigenvalue weighted by Gasteiger charge is 2.36. The summed E-state index contributed by atoms with van der Waals surface area (Å²) in [5.41, 5.74) is 6.17. The van der Waals surface area contributed by atoms with Gasteiger partial charge in [0.25, 0.3) is 0 Å². The van der Waals surface area contributed by atoms with E-state index in [-0.39, 0.29) is 6.04 Å². The first kappa shape index (κ1) is 18.9. The van der Waals surface area contributed by atoms with Crippen molar-refractivity contribution in [3.63, 3.8) is 0 Å². The molecule has 30 heavy (non-hydrogen) atoms. The first-order valence-corrected chi connectivity index (χ1v) is 10.6. The van der Waals surface area contributed by atoms with Gasteiger partial charge in [0.05, 0.1) is 31.5 Å². The van der Waals surface area contributed by atoms with Crippen LogP contribution in [0.15, 0.2) is 52.0 Å². The highest BCUT2D eigenvalue weighted by atomic mass is 16.5. The van der Waals surface area contributed by atoms with Gasteiger partial charge in [0, 0.05) is 17.0 Å². The third-order valence-corrected chi connectivity index (χ3v) is 6.38. The molecule has 0 amide bonds. The summed E-state index contributed by atoms with van der Waals surface area (Å²) in [6, 6.07) is 14.7. The third-order valence-electron chi connectivity index (χ3n) is 6.38. The number of hydrogen-bond acceptors (Lipinski definition) is 5. The minimum absolute atomic E-state index is 0.275. The quantitative estimate of drug-likeness (QED) is 0.575. The molecule has 5 nitrogen and oxygen atoms in total. The van der Waals surface area contributed by atoms with Gasteiger partial charge in [-0.2, -0.15) is 0 Å². The summed E-state index contributed by atoms with van der Waals surface area (Å²) in [5.74, 6) is 2.68. The monoisotopic (exact) mass is 402 g/mol. The van der Waals surface area contributed by atoms with E-state index in [1.807, 2.05) is 25.1 Å². The van der Waals surface area contributed by atoms with E-state index in [9.17, 15) is 0 Å². The van der Waals surface area contributed by atoms with Gasteiger partial charge in [0.15, 0.2) is 11.5 Å². The van der Waals surface area contributed by atoms with E-state index in [2.05, 4.69) is 29.4 Å². The maximum atomic E-state index is 5.67. The molecule has 3 aromatic rings. The second-order valence-electron chi connectivity index (χ2n) is 8.06. The Morgan fingerprint density at radius 1 is 0.967 bits per heavy atom. The number of aryl methyl sites for hydroxylation is 1. The summed E-state index contributed by atoms with van der Waals surface area (Å²) < 4.78 is 16.9. The lowest BCUT2D eigenvalue weighted by Crippen LogP contribution is -2.30. The van der Waals surface area contributed by atoms with Crippen molar-refractivity contribution in [1.29, 1.82) is 0 Å². The van der Waals surface area contributed by atoms with E-state index in [1.165, 1.54) is 18.4 Å². The minimum Gasteiger partial charge on any atom is -0.493 e. The molecule has 0 spiro atoms. The second-order valence-corrected chi connectivity index (χ2v) is 8.06. The van der Waals surface area contributed by atoms with Gasteiger partial charge < -0.3 is 14.0 Å². The van der Waals surface area contributed by atoms with Gasteiger partial charge in [-0.3, -0.25) is 4.99 Å². The van der Waals surface area contributed by atoms with Crippen LogP contribution in [0.1, 0.15) is 54.1 Å². The number of methoxy groups -OCH3 is 2. The topological polar surface area (TPSA) is 56.9 Å². The summed E-state index contributed by atoms with van der Waals surface area (Å²) in [6.07, 6.45) is 4.71. The van der Waals surface area contributed by atoms with E-state index in [0.717, 1.165) is 52.4 Å². The number of ether oxygens (including phenoxy) is 2. The number of aromatic nitrogens is 1. The molecule has 0 radical (unpaired) electrons. The molecule has 1 aliphatic carbocycles.